The van der Waals surface area contributed by atoms with Crippen LogP contribution in [0.4, 0.5) is 5.69 Å². The van der Waals surface area contributed by atoms with E-state index in [1.807, 2.05) is 26.0 Å². The Morgan fingerprint density at radius 2 is 1.89 bits per heavy atom. The first kappa shape index (κ1) is 15.2. The van der Waals surface area contributed by atoms with Crippen molar-refractivity contribution in [2.75, 3.05) is 5.32 Å². The molecular formula is C11H10Br2Cl3NO. The highest BCUT2D eigenvalue weighted by molar-refractivity contribution is 9.11. The van der Waals surface area contributed by atoms with E-state index in [9.17, 15) is 0 Å². The molecule has 1 aliphatic heterocycles. The molecule has 1 heterocycles. The van der Waals surface area contributed by atoms with Gasteiger partial charge < -0.3 is 10.1 Å². The predicted molar refractivity (Wildman–Crippen MR) is 83.7 cm³/mol. The van der Waals surface area contributed by atoms with Gasteiger partial charge in [0, 0.05) is 14.5 Å². The molecule has 0 bridgehead atoms. The molecule has 0 fully saturated rings. The standard InChI is InChI=1S/C11H10Br2Cl3NO/c1-10(2)6-3-5(12)4-7(13)8(6)17-9(18-10)11(14,15)16/h3-4,9,17H,1-2H3. The van der Waals surface area contributed by atoms with E-state index in [2.05, 4.69) is 37.2 Å². The minimum atomic E-state index is -1.54. The molecule has 2 rings (SSSR count). The molecule has 1 N–H and O–H groups in total. The number of halogens is 5. The summed E-state index contributed by atoms with van der Waals surface area (Å²) < 4.78 is 6.13. The van der Waals surface area contributed by atoms with Gasteiger partial charge in [-0.05, 0) is 41.9 Å². The van der Waals surface area contributed by atoms with Crippen LogP contribution in [0.2, 0.25) is 0 Å². The highest BCUT2D eigenvalue weighted by Gasteiger charge is 2.43. The van der Waals surface area contributed by atoms with Crippen LogP contribution < -0.4 is 5.32 Å². The van der Waals surface area contributed by atoms with E-state index in [4.69, 9.17) is 39.5 Å². The molecule has 0 aromatic heterocycles. The van der Waals surface area contributed by atoms with E-state index in [1.165, 1.54) is 0 Å². The zero-order valence-electron chi connectivity index (χ0n) is 9.53. The highest BCUT2D eigenvalue weighted by atomic mass is 79.9. The number of ether oxygens (including phenoxy) is 1. The lowest BCUT2D eigenvalue weighted by Crippen LogP contribution is -2.46. The van der Waals surface area contributed by atoms with Crippen molar-refractivity contribution in [1.29, 1.82) is 0 Å². The third-order valence-corrected chi connectivity index (χ3v) is 4.37. The minimum Gasteiger partial charge on any atom is -0.355 e. The van der Waals surface area contributed by atoms with Gasteiger partial charge in [0.05, 0.1) is 11.3 Å². The fourth-order valence-corrected chi connectivity index (χ4v) is 3.50. The van der Waals surface area contributed by atoms with Crippen molar-refractivity contribution < 1.29 is 4.74 Å². The Hall–Kier alpha value is 0.810. The van der Waals surface area contributed by atoms with E-state index in [1.54, 1.807) is 0 Å². The van der Waals surface area contributed by atoms with Crippen molar-refractivity contribution in [3.63, 3.8) is 0 Å². The van der Waals surface area contributed by atoms with Crippen LogP contribution in [-0.2, 0) is 10.3 Å². The molecule has 1 aromatic rings. The van der Waals surface area contributed by atoms with Crippen molar-refractivity contribution in [3.05, 3.63) is 26.6 Å². The molecule has 100 valence electrons. The number of benzene rings is 1. The summed E-state index contributed by atoms with van der Waals surface area (Å²) in [5.74, 6) is 0. The first-order chi connectivity index (χ1) is 8.11. The van der Waals surface area contributed by atoms with Gasteiger partial charge in [-0.15, -0.1) is 0 Å². The summed E-state index contributed by atoms with van der Waals surface area (Å²) in [6.45, 7) is 3.88. The fourth-order valence-electron chi connectivity index (χ4n) is 1.86. The van der Waals surface area contributed by atoms with Crippen LogP contribution in [-0.4, -0.2) is 10.0 Å². The Kier molecular flexibility index (Phi) is 4.20. The first-order valence-corrected chi connectivity index (χ1v) is 7.84. The van der Waals surface area contributed by atoms with E-state index in [-0.39, 0.29) is 0 Å². The summed E-state index contributed by atoms with van der Waals surface area (Å²) in [5.41, 5.74) is 1.32. The number of fused-ring (bicyclic) bond motifs is 1. The number of nitrogens with one attached hydrogen (secondary N) is 1. The third-order valence-electron chi connectivity index (χ3n) is 2.69. The molecule has 2 nitrogen and oxygen atoms in total. The summed E-state index contributed by atoms with van der Waals surface area (Å²) in [6, 6.07) is 3.92. The van der Waals surface area contributed by atoms with Gasteiger partial charge in [0.15, 0.2) is 6.23 Å². The van der Waals surface area contributed by atoms with Gasteiger partial charge in [0.2, 0.25) is 3.79 Å². The van der Waals surface area contributed by atoms with Crippen molar-refractivity contribution in [2.45, 2.75) is 29.5 Å². The Bertz CT molecular complexity index is 488. The third kappa shape index (κ3) is 2.94. The lowest BCUT2D eigenvalue weighted by molar-refractivity contribution is -0.0695. The van der Waals surface area contributed by atoms with E-state index < -0.39 is 15.6 Å². The Balaban J connectivity index is 2.53. The summed E-state index contributed by atoms with van der Waals surface area (Å²) in [4.78, 5) is 0. The maximum Gasteiger partial charge on any atom is 0.234 e. The van der Waals surface area contributed by atoms with Crippen LogP contribution in [0.5, 0.6) is 0 Å². The molecule has 1 atom stereocenters. The number of alkyl halides is 3. The molecule has 1 aliphatic rings. The molecule has 0 radical (unpaired) electrons. The molecule has 18 heavy (non-hydrogen) atoms. The molecule has 1 aromatic carbocycles. The highest BCUT2D eigenvalue weighted by Crippen LogP contribution is 2.47. The van der Waals surface area contributed by atoms with Crippen LogP contribution in [0.15, 0.2) is 21.1 Å². The van der Waals surface area contributed by atoms with Crippen molar-refractivity contribution >= 4 is 72.4 Å². The summed E-state index contributed by atoms with van der Waals surface area (Å²) in [5, 5.41) is 3.10. The Labute approximate surface area is 138 Å². The zero-order valence-corrected chi connectivity index (χ0v) is 15.0. The van der Waals surface area contributed by atoms with Gasteiger partial charge >= 0.3 is 0 Å². The lowest BCUT2D eigenvalue weighted by Gasteiger charge is -2.41. The van der Waals surface area contributed by atoms with Crippen LogP contribution in [0, 0.1) is 0 Å². The lowest BCUT2D eigenvalue weighted by atomic mass is 9.94. The van der Waals surface area contributed by atoms with Gasteiger partial charge in [0.1, 0.15) is 0 Å². The largest absolute Gasteiger partial charge is 0.355 e. The van der Waals surface area contributed by atoms with Crippen LogP contribution in [0.1, 0.15) is 19.4 Å². The smallest absolute Gasteiger partial charge is 0.234 e. The normalized spacial score (nSPS) is 22.3. The Morgan fingerprint density at radius 1 is 1.28 bits per heavy atom. The Morgan fingerprint density at radius 3 is 2.44 bits per heavy atom. The number of hydrogen-bond donors (Lipinski definition) is 1. The molecule has 1 unspecified atom stereocenters. The van der Waals surface area contributed by atoms with E-state index in [0.29, 0.717) is 0 Å². The second kappa shape index (κ2) is 4.97. The van der Waals surface area contributed by atoms with Gasteiger partial charge in [-0.3, -0.25) is 0 Å². The molecule has 0 amide bonds. The molecule has 7 heteroatoms. The van der Waals surface area contributed by atoms with E-state index >= 15 is 0 Å². The van der Waals surface area contributed by atoms with Crippen molar-refractivity contribution in [2.24, 2.45) is 0 Å². The molecule has 0 saturated carbocycles. The maximum atomic E-state index is 5.91. The summed E-state index contributed by atoms with van der Waals surface area (Å²) in [7, 11) is 0. The predicted octanol–water partition coefficient (Wildman–Crippen LogP) is 5.59. The monoisotopic (exact) mass is 435 g/mol. The average Bonchev–Trinajstić information content (AvgIpc) is 2.17. The quantitative estimate of drug-likeness (QED) is 0.534. The van der Waals surface area contributed by atoms with Gasteiger partial charge in [-0.2, -0.15) is 0 Å². The number of hydrogen-bond acceptors (Lipinski definition) is 2. The zero-order chi connectivity index (χ0) is 13.7. The summed E-state index contributed by atoms with van der Waals surface area (Å²) >= 11 is 24.7. The van der Waals surface area contributed by atoms with Crippen molar-refractivity contribution in [3.8, 4) is 0 Å². The molecular weight excluding hydrogens is 428 g/mol. The number of rotatable bonds is 0. The second-order valence-electron chi connectivity index (χ2n) is 4.50. The van der Waals surface area contributed by atoms with Crippen LogP contribution >= 0.6 is 66.7 Å². The topological polar surface area (TPSA) is 21.3 Å². The average molecular weight is 438 g/mol. The van der Waals surface area contributed by atoms with Crippen LogP contribution in [0.25, 0.3) is 0 Å². The first-order valence-electron chi connectivity index (χ1n) is 5.12. The second-order valence-corrected chi connectivity index (χ2v) is 8.64. The van der Waals surface area contributed by atoms with Gasteiger partial charge in [-0.1, -0.05) is 50.7 Å². The van der Waals surface area contributed by atoms with Crippen molar-refractivity contribution in [1.82, 2.24) is 0 Å². The summed E-state index contributed by atoms with van der Waals surface area (Å²) in [6.07, 6.45) is -0.706. The fraction of sp³-hybridized carbons (Fsp3) is 0.455. The van der Waals surface area contributed by atoms with Gasteiger partial charge in [-0.25, -0.2) is 0 Å². The van der Waals surface area contributed by atoms with Crippen LogP contribution in [0.3, 0.4) is 0 Å². The SMILES string of the molecule is CC1(C)OC(C(Cl)(Cl)Cl)Nc2c(Br)cc(Br)cc21. The maximum absolute atomic E-state index is 5.91. The molecule has 0 saturated heterocycles. The van der Waals surface area contributed by atoms with E-state index in [0.717, 1.165) is 20.2 Å². The minimum absolute atomic E-state index is 0.554. The molecule has 0 aliphatic carbocycles. The van der Waals surface area contributed by atoms with Gasteiger partial charge in [0.25, 0.3) is 0 Å². The number of anilines is 1. The molecule has 0 spiro atoms.